The van der Waals surface area contributed by atoms with E-state index >= 15 is 0 Å². The number of hydrogen-bond acceptors (Lipinski definition) is 9. The smallest absolute Gasteiger partial charge is 0.350 e. The minimum absolute atomic E-state index is 0.753. The molecule has 5 N–H and O–H groups in total. The second-order valence-corrected chi connectivity index (χ2v) is 3.55. The number of rotatable bonds is 3. The summed E-state index contributed by atoms with van der Waals surface area (Å²) in [6.07, 6.45) is -6.97. The zero-order valence-corrected chi connectivity index (χ0v) is 8.89. The first-order valence-electron chi connectivity index (χ1n) is 4.73. The van der Waals surface area contributed by atoms with E-state index in [-0.39, 0.29) is 0 Å². The zero-order valence-electron chi connectivity index (χ0n) is 8.89. The van der Waals surface area contributed by atoms with Crippen LogP contribution in [0.3, 0.4) is 0 Å². The molecular formula is C8H14O9. The van der Waals surface area contributed by atoms with Crippen molar-refractivity contribution in [3.05, 3.63) is 0 Å². The topological polar surface area (TPSA) is 146 Å². The van der Waals surface area contributed by atoms with Crippen LogP contribution < -0.4 is 0 Å². The van der Waals surface area contributed by atoms with Crippen LogP contribution in [0.5, 0.6) is 0 Å². The standard InChI is InChI=1S/C8H14O9/c1-3(10)16-17-8(14)7(13)6(12)5(11)4(2-9)15-8/h4-7,9,11-14H,2H2,1H3/t4-,5-,6+,7+,8+/m1/s1. The second-order valence-electron chi connectivity index (χ2n) is 3.55. The molecule has 5 atom stereocenters. The van der Waals surface area contributed by atoms with Crippen molar-refractivity contribution in [2.45, 2.75) is 37.3 Å². The lowest BCUT2D eigenvalue weighted by Gasteiger charge is -2.42. The van der Waals surface area contributed by atoms with Gasteiger partial charge in [-0.05, 0) is 0 Å². The van der Waals surface area contributed by atoms with Crippen LogP contribution in [0.25, 0.3) is 0 Å². The van der Waals surface area contributed by atoms with Crippen LogP contribution in [-0.2, 0) is 19.3 Å². The molecule has 0 aliphatic carbocycles. The predicted molar refractivity (Wildman–Crippen MR) is 47.8 cm³/mol. The first-order valence-corrected chi connectivity index (χ1v) is 4.73. The van der Waals surface area contributed by atoms with E-state index < -0.39 is 43.0 Å². The summed E-state index contributed by atoms with van der Waals surface area (Å²) in [5, 5.41) is 46.6. The van der Waals surface area contributed by atoms with Crippen molar-refractivity contribution in [3.8, 4) is 0 Å². The van der Waals surface area contributed by atoms with Gasteiger partial charge in [0.15, 0.2) is 6.10 Å². The highest BCUT2D eigenvalue weighted by Crippen LogP contribution is 2.29. The van der Waals surface area contributed by atoms with E-state index in [0.717, 1.165) is 6.92 Å². The number of ether oxygens (including phenoxy) is 1. The largest absolute Gasteiger partial charge is 0.394 e. The summed E-state index contributed by atoms with van der Waals surface area (Å²) in [5.74, 6) is -3.80. The molecule has 0 aromatic heterocycles. The van der Waals surface area contributed by atoms with Gasteiger partial charge in [-0.1, -0.05) is 0 Å². The normalized spacial score (nSPS) is 42.2. The van der Waals surface area contributed by atoms with E-state index in [9.17, 15) is 25.2 Å². The summed E-state index contributed by atoms with van der Waals surface area (Å²) < 4.78 is 4.61. The van der Waals surface area contributed by atoms with Gasteiger partial charge < -0.3 is 30.3 Å². The van der Waals surface area contributed by atoms with Gasteiger partial charge in [0.2, 0.25) is 0 Å². The molecule has 1 rings (SSSR count). The highest BCUT2D eigenvalue weighted by Gasteiger charge is 2.55. The Labute approximate surface area is 95.7 Å². The summed E-state index contributed by atoms with van der Waals surface area (Å²) in [6.45, 7) is 0.212. The van der Waals surface area contributed by atoms with Crippen molar-refractivity contribution in [2.75, 3.05) is 6.61 Å². The first kappa shape index (κ1) is 14.3. The minimum atomic E-state index is -2.86. The summed E-state index contributed by atoms with van der Waals surface area (Å²) in [5.41, 5.74) is 0. The molecule has 0 spiro atoms. The summed E-state index contributed by atoms with van der Waals surface area (Å²) in [6, 6.07) is 0. The molecule has 1 heterocycles. The molecule has 0 radical (unpaired) electrons. The van der Waals surface area contributed by atoms with Gasteiger partial charge in [0.25, 0.3) is 0 Å². The molecule has 0 amide bonds. The Morgan fingerprint density at radius 2 is 1.94 bits per heavy atom. The molecule has 1 saturated heterocycles. The highest BCUT2D eigenvalue weighted by molar-refractivity contribution is 5.65. The Hall–Kier alpha value is -0.810. The fraction of sp³-hybridized carbons (Fsp3) is 0.875. The average molecular weight is 254 g/mol. The van der Waals surface area contributed by atoms with Crippen LogP contribution >= 0.6 is 0 Å². The van der Waals surface area contributed by atoms with Crippen LogP contribution in [0.4, 0.5) is 0 Å². The first-order chi connectivity index (χ1) is 7.81. The molecular weight excluding hydrogens is 240 g/mol. The van der Waals surface area contributed by atoms with Crippen LogP contribution in [0.1, 0.15) is 6.92 Å². The number of hydrogen-bond donors (Lipinski definition) is 5. The number of carbonyl (C=O) groups is 1. The fourth-order valence-electron chi connectivity index (χ4n) is 1.31. The molecule has 0 aromatic rings. The van der Waals surface area contributed by atoms with Crippen molar-refractivity contribution in [3.63, 3.8) is 0 Å². The van der Waals surface area contributed by atoms with E-state index in [1.165, 1.54) is 0 Å². The lowest BCUT2D eigenvalue weighted by molar-refractivity contribution is -0.528. The molecule has 0 saturated carbocycles. The van der Waals surface area contributed by atoms with Crippen molar-refractivity contribution in [1.82, 2.24) is 0 Å². The van der Waals surface area contributed by atoms with Gasteiger partial charge in [-0.25, -0.2) is 4.79 Å². The Bertz CT molecular complexity index is 280. The van der Waals surface area contributed by atoms with Crippen molar-refractivity contribution >= 4 is 5.97 Å². The van der Waals surface area contributed by atoms with Gasteiger partial charge in [0.05, 0.1) is 6.61 Å². The number of carbonyl (C=O) groups excluding carboxylic acids is 1. The Morgan fingerprint density at radius 1 is 1.35 bits per heavy atom. The summed E-state index contributed by atoms with van der Waals surface area (Å²) in [4.78, 5) is 18.6. The Kier molecular flexibility index (Phi) is 4.38. The molecule has 1 fully saturated rings. The molecule has 17 heavy (non-hydrogen) atoms. The van der Waals surface area contributed by atoms with Gasteiger partial charge in [-0.2, -0.15) is 0 Å². The monoisotopic (exact) mass is 254 g/mol. The van der Waals surface area contributed by atoms with Gasteiger partial charge in [0, 0.05) is 6.92 Å². The maximum Gasteiger partial charge on any atom is 0.350 e. The third-order valence-corrected chi connectivity index (χ3v) is 2.21. The molecule has 1 aliphatic rings. The Morgan fingerprint density at radius 3 is 2.41 bits per heavy atom. The van der Waals surface area contributed by atoms with Crippen molar-refractivity contribution < 1.29 is 44.8 Å². The molecule has 0 aromatic carbocycles. The SMILES string of the molecule is CC(=O)OO[C@@]1(O)O[C@H](CO)[C@@H](O)[C@H](O)[C@@H]1O. The van der Waals surface area contributed by atoms with Crippen LogP contribution in [0.2, 0.25) is 0 Å². The van der Waals surface area contributed by atoms with E-state index in [0.29, 0.717) is 0 Å². The summed E-state index contributed by atoms with van der Waals surface area (Å²) in [7, 11) is 0. The predicted octanol–water partition coefficient (Wildman–Crippen LogP) is -3.40. The highest BCUT2D eigenvalue weighted by atomic mass is 17.3. The van der Waals surface area contributed by atoms with Crippen LogP contribution in [-0.4, -0.2) is 68.5 Å². The Balaban J connectivity index is 2.79. The van der Waals surface area contributed by atoms with Crippen molar-refractivity contribution in [1.29, 1.82) is 0 Å². The van der Waals surface area contributed by atoms with Gasteiger partial charge in [-0.3, -0.25) is 4.89 Å². The van der Waals surface area contributed by atoms with Gasteiger partial charge in [0.1, 0.15) is 18.3 Å². The quantitative estimate of drug-likeness (QED) is 0.197. The molecule has 0 unspecified atom stereocenters. The molecule has 1 aliphatic heterocycles. The fourth-order valence-corrected chi connectivity index (χ4v) is 1.31. The molecule has 100 valence electrons. The van der Waals surface area contributed by atoms with Gasteiger partial charge in [-0.15, -0.1) is 4.89 Å². The van der Waals surface area contributed by atoms with Crippen LogP contribution in [0, 0.1) is 0 Å². The minimum Gasteiger partial charge on any atom is -0.394 e. The lowest BCUT2D eigenvalue weighted by Crippen LogP contribution is -2.66. The van der Waals surface area contributed by atoms with E-state index in [1.807, 2.05) is 0 Å². The average Bonchev–Trinajstić information content (AvgIpc) is 2.29. The zero-order chi connectivity index (χ0) is 13.2. The van der Waals surface area contributed by atoms with E-state index in [1.54, 1.807) is 0 Å². The molecule has 0 bridgehead atoms. The number of aliphatic hydroxyl groups is 5. The maximum absolute atomic E-state index is 10.5. The molecule has 9 nitrogen and oxygen atoms in total. The lowest BCUT2D eigenvalue weighted by atomic mass is 9.98. The second kappa shape index (κ2) is 5.23. The van der Waals surface area contributed by atoms with Crippen molar-refractivity contribution in [2.24, 2.45) is 0 Å². The van der Waals surface area contributed by atoms with Crippen LogP contribution in [0.15, 0.2) is 0 Å². The van der Waals surface area contributed by atoms with E-state index in [4.69, 9.17) is 5.11 Å². The number of aliphatic hydroxyl groups excluding tert-OH is 4. The van der Waals surface area contributed by atoms with Gasteiger partial charge >= 0.3 is 11.9 Å². The van der Waals surface area contributed by atoms with E-state index in [2.05, 4.69) is 14.5 Å². The molecule has 9 heteroatoms. The maximum atomic E-state index is 10.5. The summed E-state index contributed by atoms with van der Waals surface area (Å²) >= 11 is 0. The third-order valence-electron chi connectivity index (χ3n) is 2.21. The third kappa shape index (κ3) is 2.90.